The third-order valence-corrected chi connectivity index (χ3v) is 12.8. The molecule has 0 radical (unpaired) electrons. The van der Waals surface area contributed by atoms with Gasteiger partial charge >= 0.3 is 0 Å². The number of hydrogen-bond donors (Lipinski definition) is 1. The smallest absolute Gasteiger partial charge is 0.196 e. The molecule has 0 saturated heterocycles. The Morgan fingerprint density at radius 3 is 2.24 bits per heavy atom. The second kappa shape index (κ2) is 11.8. The summed E-state index contributed by atoms with van der Waals surface area (Å²) in [7, 11) is 0. The molecule has 256 valence electrons. The number of thiophene rings is 1. The first-order chi connectivity index (χ1) is 26.6. The van der Waals surface area contributed by atoms with E-state index in [0.29, 0.717) is 17.0 Å². The number of rotatable bonds is 5. The number of furan rings is 1. The molecular weight excluding hydrogens is 701 g/mol. The minimum atomic E-state index is 0.211. The molecule has 1 N–H and O–H groups in total. The third kappa shape index (κ3) is 4.34. The highest BCUT2D eigenvalue weighted by molar-refractivity contribution is 7.98. The van der Waals surface area contributed by atoms with Gasteiger partial charge in [-0.25, -0.2) is 0 Å². The summed E-state index contributed by atoms with van der Waals surface area (Å²) in [6.45, 7) is 3.99. The van der Waals surface area contributed by atoms with Crippen molar-refractivity contribution in [2.75, 3.05) is 6.26 Å². The summed E-state index contributed by atoms with van der Waals surface area (Å²) in [4.78, 5) is 5.75. The van der Waals surface area contributed by atoms with E-state index in [1.54, 1.807) is 11.8 Å². The maximum atomic E-state index is 9.72. The fourth-order valence-electron chi connectivity index (χ4n) is 8.41. The number of para-hydroxylation sites is 2. The molecule has 0 saturated carbocycles. The van der Waals surface area contributed by atoms with Crippen molar-refractivity contribution in [1.82, 2.24) is 9.13 Å². The molecule has 11 rings (SSSR count). The van der Waals surface area contributed by atoms with Crippen molar-refractivity contribution in [3.05, 3.63) is 151 Å². The van der Waals surface area contributed by atoms with Crippen LogP contribution in [0.5, 0.6) is 0 Å². The summed E-state index contributed by atoms with van der Waals surface area (Å²) >= 11 is 3.60. The van der Waals surface area contributed by atoms with Crippen LogP contribution < -0.4 is 0 Å². The highest BCUT2D eigenvalue weighted by Gasteiger charge is 2.24. The van der Waals surface area contributed by atoms with Crippen molar-refractivity contribution in [3.63, 3.8) is 0 Å². The van der Waals surface area contributed by atoms with Crippen LogP contribution >= 0.6 is 23.1 Å². The van der Waals surface area contributed by atoms with E-state index in [1.165, 1.54) is 41.4 Å². The van der Waals surface area contributed by atoms with Crippen molar-refractivity contribution in [2.24, 2.45) is 4.99 Å². The van der Waals surface area contributed by atoms with E-state index < -0.39 is 0 Å². The molecule has 11 aromatic rings. The fraction of sp³-hybridized carbons (Fsp3) is 0.0213. The van der Waals surface area contributed by atoms with E-state index in [4.69, 9.17) is 4.42 Å². The minimum Gasteiger partial charge on any atom is -0.450 e. The molecule has 0 aliphatic heterocycles. The Morgan fingerprint density at radius 2 is 1.39 bits per heavy atom. The Morgan fingerprint density at radius 1 is 0.667 bits per heavy atom. The van der Waals surface area contributed by atoms with Crippen molar-refractivity contribution in [1.29, 1.82) is 5.41 Å². The standard InChI is InChI=1S/C47H30N4OS2/c1-49-44-35-26-28(50-37-16-8-4-14-33(37)43-39(50)23-21-32-31-13-6-10-18-42(31)54-46(32)43)20-24-40(35)52-45(44)47(48)51-36-15-7-3-12-30(36)34-25-27(19-22-38(34)51)29-11-5-9-17-41(29)53-2/h3-26,48H,1H2,2H3. The van der Waals surface area contributed by atoms with Crippen LogP contribution in [0.2, 0.25) is 0 Å². The fourth-order valence-corrected chi connectivity index (χ4v) is 10.3. The monoisotopic (exact) mass is 730 g/mol. The van der Waals surface area contributed by atoms with Gasteiger partial charge in [0.2, 0.25) is 0 Å². The van der Waals surface area contributed by atoms with Crippen LogP contribution in [-0.4, -0.2) is 27.9 Å². The molecule has 7 aromatic carbocycles. The number of nitrogens with zero attached hydrogens (tertiary/aromatic N) is 3. The van der Waals surface area contributed by atoms with Gasteiger partial charge in [0.05, 0.1) is 22.1 Å². The van der Waals surface area contributed by atoms with Gasteiger partial charge in [-0.15, -0.1) is 23.1 Å². The van der Waals surface area contributed by atoms with E-state index in [9.17, 15) is 5.41 Å². The van der Waals surface area contributed by atoms with E-state index in [1.807, 2.05) is 28.0 Å². The van der Waals surface area contributed by atoms with Gasteiger partial charge in [0.1, 0.15) is 11.3 Å². The highest BCUT2D eigenvalue weighted by atomic mass is 32.2. The van der Waals surface area contributed by atoms with Gasteiger partial charge in [0, 0.05) is 57.7 Å². The Labute approximate surface area is 317 Å². The third-order valence-electron chi connectivity index (χ3n) is 10.8. The van der Waals surface area contributed by atoms with E-state index in [2.05, 4.69) is 156 Å². The summed E-state index contributed by atoms with van der Waals surface area (Å²) in [5.41, 5.74) is 8.68. The molecule has 4 aromatic heterocycles. The van der Waals surface area contributed by atoms with Crippen LogP contribution in [0.3, 0.4) is 0 Å². The zero-order chi connectivity index (χ0) is 36.1. The number of nitrogens with one attached hydrogen (secondary N) is 1. The van der Waals surface area contributed by atoms with Gasteiger partial charge in [-0.2, -0.15) is 0 Å². The van der Waals surface area contributed by atoms with Crippen molar-refractivity contribution in [2.45, 2.75) is 4.90 Å². The molecule has 0 fully saturated rings. The van der Waals surface area contributed by atoms with E-state index in [-0.39, 0.29) is 5.84 Å². The average Bonchev–Trinajstić information content (AvgIpc) is 3.97. The van der Waals surface area contributed by atoms with Crippen LogP contribution in [0.15, 0.2) is 160 Å². The first-order valence-electron chi connectivity index (χ1n) is 17.8. The quantitative estimate of drug-likeness (QED) is 0.109. The number of aliphatic imine (C=N–C) groups is 1. The van der Waals surface area contributed by atoms with Crippen LogP contribution in [-0.2, 0) is 0 Å². The molecule has 0 amide bonds. The largest absolute Gasteiger partial charge is 0.450 e. The summed E-state index contributed by atoms with van der Waals surface area (Å²) in [6.07, 6.45) is 2.11. The number of aromatic nitrogens is 2. The number of fused-ring (bicyclic) bond motifs is 11. The molecule has 0 aliphatic rings. The molecule has 0 atom stereocenters. The predicted octanol–water partition coefficient (Wildman–Crippen LogP) is 13.6. The second-order valence-electron chi connectivity index (χ2n) is 13.5. The summed E-state index contributed by atoms with van der Waals surface area (Å²) in [5.74, 6) is 0.591. The summed E-state index contributed by atoms with van der Waals surface area (Å²) < 4.78 is 13.4. The molecule has 0 bridgehead atoms. The SMILES string of the molecule is C=Nc1c(C(=N)n2c3ccccc3c3cc(-c4ccccc4SC)ccc32)oc2ccc(-n3c4ccccc4c4c5sc6ccccc6c5ccc43)cc12. The van der Waals surface area contributed by atoms with Gasteiger partial charge in [0.15, 0.2) is 11.6 Å². The van der Waals surface area contributed by atoms with Gasteiger partial charge in [-0.05, 0) is 84.8 Å². The highest BCUT2D eigenvalue weighted by Crippen LogP contribution is 2.45. The van der Waals surface area contributed by atoms with E-state index in [0.717, 1.165) is 49.5 Å². The Kier molecular flexibility index (Phi) is 6.81. The minimum absolute atomic E-state index is 0.211. The predicted molar refractivity (Wildman–Crippen MR) is 232 cm³/mol. The molecule has 54 heavy (non-hydrogen) atoms. The molecule has 4 heterocycles. The average molecular weight is 731 g/mol. The lowest BCUT2D eigenvalue weighted by Gasteiger charge is -2.10. The second-order valence-corrected chi connectivity index (χ2v) is 15.4. The first-order valence-corrected chi connectivity index (χ1v) is 19.8. The molecule has 0 spiro atoms. The molecule has 0 aliphatic carbocycles. The van der Waals surface area contributed by atoms with Gasteiger partial charge in [-0.3, -0.25) is 15.0 Å². The normalized spacial score (nSPS) is 12.0. The van der Waals surface area contributed by atoms with Gasteiger partial charge in [-0.1, -0.05) is 84.9 Å². The lowest BCUT2D eigenvalue weighted by atomic mass is 10.0. The van der Waals surface area contributed by atoms with Crippen molar-refractivity contribution in [3.8, 4) is 16.8 Å². The number of thioether (sulfide) groups is 1. The van der Waals surface area contributed by atoms with Crippen molar-refractivity contribution >= 4 is 116 Å². The molecular formula is C47H30N4OS2. The van der Waals surface area contributed by atoms with Crippen LogP contribution in [0.25, 0.3) is 91.6 Å². The maximum absolute atomic E-state index is 9.72. The Balaban J connectivity index is 1.09. The molecule has 0 unspecified atom stereocenters. The lowest BCUT2D eigenvalue weighted by molar-refractivity contribution is 0.602. The Hall–Kier alpha value is -6.41. The zero-order valence-corrected chi connectivity index (χ0v) is 30.8. The van der Waals surface area contributed by atoms with E-state index >= 15 is 0 Å². The van der Waals surface area contributed by atoms with Crippen molar-refractivity contribution < 1.29 is 4.42 Å². The Bertz CT molecular complexity index is 3380. The lowest BCUT2D eigenvalue weighted by Crippen LogP contribution is -2.11. The topological polar surface area (TPSA) is 59.2 Å². The summed E-state index contributed by atoms with van der Waals surface area (Å²) in [6, 6.07) is 51.3. The summed E-state index contributed by atoms with van der Waals surface area (Å²) in [5, 5.41) is 17.7. The van der Waals surface area contributed by atoms with Gasteiger partial charge in [0.25, 0.3) is 0 Å². The number of hydrogen-bond acceptors (Lipinski definition) is 5. The van der Waals surface area contributed by atoms with Crippen LogP contribution in [0, 0.1) is 5.41 Å². The molecule has 5 nitrogen and oxygen atoms in total. The zero-order valence-electron chi connectivity index (χ0n) is 29.1. The van der Waals surface area contributed by atoms with Gasteiger partial charge < -0.3 is 8.98 Å². The maximum Gasteiger partial charge on any atom is 0.196 e. The number of benzene rings is 7. The van der Waals surface area contributed by atoms with Crippen LogP contribution in [0.1, 0.15) is 5.76 Å². The van der Waals surface area contributed by atoms with Crippen LogP contribution in [0.4, 0.5) is 5.69 Å². The first kappa shape index (κ1) is 31.1. The molecule has 7 heteroatoms.